The Morgan fingerprint density at radius 2 is 2.37 bits per heavy atom. The average Bonchev–Trinajstić information content (AvgIpc) is 2.71. The third-order valence-corrected chi connectivity index (χ3v) is 4.78. The van der Waals surface area contributed by atoms with Gasteiger partial charge < -0.3 is 5.11 Å². The van der Waals surface area contributed by atoms with E-state index in [1.807, 2.05) is 0 Å². The Labute approximate surface area is 118 Å². The van der Waals surface area contributed by atoms with Crippen LogP contribution in [0.1, 0.15) is 42.3 Å². The van der Waals surface area contributed by atoms with Crippen LogP contribution in [0.25, 0.3) is 0 Å². The average molecular weight is 282 g/mol. The molecule has 0 aliphatic carbocycles. The molecule has 1 atom stereocenters. The van der Waals surface area contributed by atoms with Crippen LogP contribution in [-0.4, -0.2) is 34.0 Å². The summed E-state index contributed by atoms with van der Waals surface area (Å²) in [4.78, 5) is 19.0. The third kappa shape index (κ3) is 4.01. The maximum absolute atomic E-state index is 10.9. The number of piperidine rings is 1. The van der Waals surface area contributed by atoms with Crippen molar-refractivity contribution < 1.29 is 9.90 Å². The van der Waals surface area contributed by atoms with E-state index in [-0.39, 0.29) is 6.42 Å². The zero-order valence-corrected chi connectivity index (χ0v) is 12.5. The maximum atomic E-state index is 10.9. The van der Waals surface area contributed by atoms with Crippen molar-refractivity contribution in [3.05, 3.63) is 15.6 Å². The molecule has 0 amide bonds. The van der Waals surface area contributed by atoms with Crippen molar-refractivity contribution in [3.8, 4) is 0 Å². The van der Waals surface area contributed by atoms with Gasteiger partial charge in [0, 0.05) is 18.0 Å². The number of hydrogen-bond donors (Lipinski definition) is 1. The van der Waals surface area contributed by atoms with Crippen LogP contribution in [0.2, 0.25) is 0 Å². The normalized spacial score (nSPS) is 20.6. The number of likely N-dealkylation sites (tertiary alicyclic amines) is 1. The predicted molar refractivity (Wildman–Crippen MR) is 76.5 cm³/mol. The monoisotopic (exact) mass is 282 g/mol. The van der Waals surface area contributed by atoms with E-state index in [9.17, 15) is 4.79 Å². The van der Waals surface area contributed by atoms with Gasteiger partial charge in [-0.3, -0.25) is 9.69 Å². The van der Waals surface area contributed by atoms with E-state index in [0.29, 0.717) is 0 Å². The second-order valence-electron chi connectivity index (χ2n) is 5.38. The topological polar surface area (TPSA) is 53.4 Å². The molecule has 106 valence electrons. The SMILES string of the molecule is CCc1nc(CC(=O)O)c(CN2CCCC(C)C2)s1. The van der Waals surface area contributed by atoms with Crippen molar-refractivity contribution in [1.29, 1.82) is 0 Å². The summed E-state index contributed by atoms with van der Waals surface area (Å²) in [5, 5.41) is 10.0. The minimum absolute atomic E-state index is 0.0508. The highest BCUT2D eigenvalue weighted by molar-refractivity contribution is 7.11. The molecular weight excluding hydrogens is 260 g/mol. The molecule has 1 unspecified atom stereocenters. The van der Waals surface area contributed by atoms with Crippen LogP contribution in [0.4, 0.5) is 0 Å². The van der Waals surface area contributed by atoms with Crippen molar-refractivity contribution in [2.24, 2.45) is 5.92 Å². The molecule has 1 aliphatic heterocycles. The summed E-state index contributed by atoms with van der Waals surface area (Å²) in [7, 11) is 0. The fourth-order valence-electron chi connectivity index (χ4n) is 2.63. The Hall–Kier alpha value is -0.940. The quantitative estimate of drug-likeness (QED) is 0.902. The molecule has 0 saturated carbocycles. The van der Waals surface area contributed by atoms with Gasteiger partial charge >= 0.3 is 5.97 Å². The molecule has 2 heterocycles. The van der Waals surface area contributed by atoms with E-state index >= 15 is 0 Å². The summed E-state index contributed by atoms with van der Waals surface area (Å²) in [5.41, 5.74) is 0.771. The number of aliphatic carboxylic acids is 1. The van der Waals surface area contributed by atoms with E-state index in [1.165, 1.54) is 12.8 Å². The molecule has 1 aliphatic rings. The number of rotatable bonds is 5. The van der Waals surface area contributed by atoms with Crippen LogP contribution >= 0.6 is 11.3 Å². The molecule has 0 bridgehead atoms. The van der Waals surface area contributed by atoms with Crippen LogP contribution in [0.15, 0.2) is 0 Å². The highest BCUT2D eigenvalue weighted by Crippen LogP contribution is 2.24. The fourth-order valence-corrected chi connectivity index (χ4v) is 3.69. The van der Waals surface area contributed by atoms with Gasteiger partial charge in [-0.1, -0.05) is 13.8 Å². The van der Waals surface area contributed by atoms with Gasteiger partial charge in [-0.2, -0.15) is 0 Å². The molecule has 1 aromatic rings. The molecule has 4 nitrogen and oxygen atoms in total. The summed E-state index contributed by atoms with van der Waals surface area (Å²) in [6.45, 7) is 7.46. The Morgan fingerprint density at radius 3 is 3.00 bits per heavy atom. The fraction of sp³-hybridized carbons (Fsp3) is 0.714. The van der Waals surface area contributed by atoms with E-state index in [4.69, 9.17) is 5.11 Å². The largest absolute Gasteiger partial charge is 0.481 e. The molecule has 19 heavy (non-hydrogen) atoms. The predicted octanol–water partition coefficient (Wildman–Crippen LogP) is 2.56. The number of nitrogens with zero attached hydrogens (tertiary/aromatic N) is 2. The summed E-state index contributed by atoms with van der Waals surface area (Å²) in [6, 6.07) is 0. The van der Waals surface area contributed by atoms with Crippen molar-refractivity contribution in [3.63, 3.8) is 0 Å². The lowest BCUT2D eigenvalue weighted by Crippen LogP contribution is -2.33. The lowest BCUT2D eigenvalue weighted by atomic mass is 10.0. The second-order valence-corrected chi connectivity index (χ2v) is 6.55. The summed E-state index contributed by atoms with van der Waals surface area (Å²) in [5.74, 6) is -0.0449. The van der Waals surface area contributed by atoms with Crippen molar-refractivity contribution in [2.45, 2.75) is 46.1 Å². The molecule has 5 heteroatoms. The van der Waals surface area contributed by atoms with Gasteiger partial charge in [-0.05, 0) is 31.7 Å². The first-order chi connectivity index (χ1) is 9.08. The number of carbonyl (C=O) groups is 1. The van der Waals surface area contributed by atoms with Crippen LogP contribution in [0.3, 0.4) is 0 Å². The highest BCUT2D eigenvalue weighted by atomic mass is 32.1. The first-order valence-electron chi connectivity index (χ1n) is 7.00. The maximum Gasteiger partial charge on any atom is 0.309 e. The van der Waals surface area contributed by atoms with Gasteiger partial charge in [0.25, 0.3) is 0 Å². The molecule has 0 aromatic carbocycles. The molecule has 2 rings (SSSR count). The van der Waals surface area contributed by atoms with Crippen LogP contribution < -0.4 is 0 Å². The number of carboxylic acids is 1. The minimum Gasteiger partial charge on any atom is -0.481 e. The zero-order chi connectivity index (χ0) is 13.8. The van der Waals surface area contributed by atoms with Crippen molar-refractivity contribution >= 4 is 17.3 Å². The number of hydrogen-bond acceptors (Lipinski definition) is 4. The third-order valence-electron chi connectivity index (χ3n) is 3.55. The molecule has 1 fully saturated rings. The van der Waals surface area contributed by atoms with E-state index in [2.05, 4.69) is 23.7 Å². The van der Waals surface area contributed by atoms with Gasteiger partial charge in [0.1, 0.15) is 0 Å². The van der Waals surface area contributed by atoms with E-state index in [1.54, 1.807) is 11.3 Å². The first-order valence-corrected chi connectivity index (χ1v) is 7.81. The zero-order valence-electron chi connectivity index (χ0n) is 11.7. The number of thiazole rings is 1. The Bertz CT molecular complexity index is 445. The molecule has 1 saturated heterocycles. The van der Waals surface area contributed by atoms with Crippen LogP contribution in [-0.2, 0) is 24.2 Å². The Balaban J connectivity index is 2.09. The molecule has 0 spiro atoms. The second kappa shape index (κ2) is 6.48. The first kappa shape index (κ1) is 14.5. The van der Waals surface area contributed by atoms with Gasteiger partial charge in [0.15, 0.2) is 0 Å². The molecular formula is C14H22N2O2S. The Kier molecular flexibility index (Phi) is 4.93. The molecule has 0 radical (unpaired) electrons. The number of aromatic nitrogens is 1. The Morgan fingerprint density at radius 1 is 1.58 bits per heavy atom. The number of aryl methyl sites for hydroxylation is 1. The van der Waals surface area contributed by atoms with Crippen LogP contribution in [0.5, 0.6) is 0 Å². The number of carboxylic acid groups (broad SMARTS) is 1. The van der Waals surface area contributed by atoms with Gasteiger partial charge in [-0.15, -0.1) is 11.3 Å². The smallest absolute Gasteiger partial charge is 0.309 e. The van der Waals surface area contributed by atoms with E-state index < -0.39 is 5.97 Å². The summed E-state index contributed by atoms with van der Waals surface area (Å²) in [6.07, 6.45) is 3.49. The molecule has 1 aromatic heterocycles. The molecule has 1 N–H and O–H groups in total. The van der Waals surface area contributed by atoms with Crippen molar-refractivity contribution in [2.75, 3.05) is 13.1 Å². The van der Waals surface area contributed by atoms with Gasteiger partial charge in [0.2, 0.25) is 0 Å². The van der Waals surface area contributed by atoms with Gasteiger partial charge in [0.05, 0.1) is 17.1 Å². The standard InChI is InChI=1S/C14H22N2O2S/c1-3-13-15-11(7-14(17)18)12(19-13)9-16-6-4-5-10(2)8-16/h10H,3-9H2,1-2H3,(H,17,18). The summed E-state index contributed by atoms with van der Waals surface area (Å²) < 4.78 is 0. The lowest BCUT2D eigenvalue weighted by molar-refractivity contribution is -0.136. The minimum atomic E-state index is -0.791. The van der Waals surface area contributed by atoms with Crippen LogP contribution in [0, 0.1) is 5.92 Å². The van der Waals surface area contributed by atoms with Crippen molar-refractivity contribution in [1.82, 2.24) is 9.88 Å². The lowest BCUT2D eigenvalue weighted by Gasteiger charge is -2.30. The highest BCUT2D eigenvalue weighted by Gasteiger charge is 2.20. The van der Waals surface area contributed by atoms with E-state index in [0.717, 1.165) is 47.6 Å². The summed E-state index contributed by atoms with van der Waals surface area (Å²) >= 11 is 1.68. The van der Waals surface area contributed by atoms with Gasteiger partial charge in [-0.25, -0.2) is 4.98 Å².